The molecule has 34 heavy (non-hydrogen) atoms. The highest BCUT2D eigenvalue weighted by Gasteiger charge is 2.08. The maximum atomic E-state index is 12.2. The van der Waals surface area contributed by atoms with Gasteiger partial charge in [-0.15, -0.1) is 11.3 Å². The number of thiazole rings is 1. The van der Waals surface area contributed by atoms with E-state index in [2.05, 4.69) is 35.0 Å². The SMILES string of the molecule is Cc1cc(OCCCC(=O)NCc2ccc(-c3nc(-c4ccccc4)cs3)cc2)cc(C)c1Cl. The lowest BCUT2D eigenvalue weighted by Crippen LogP contribution is -2.22. The quantitative estimate of drug-likeness (QED) is 0.252. The zero-order valence-corrected chi connectivity index (χ0v) is 20.9. The van der Waals surface area contributed by atoms with E-state index in [1.165, 1.54) is 0 Å². The van der Waals surface area contributed by atoms with E-state index < -0.39 is 0 Å². The molecular formula is C28H27ClN2O2S. The van der Waals surface area contributed by atoms with Crippen molar-refractivity contribution in [2.75, 3.05) is 6.61 Å². The van der Waals surface area contributed by atoms with Crippen LogP contribution in [0.2, 0.25) is 5.02 Å². The Hall–Kier alpha value is -3.15. The van der Waals surface area contributed by atoms with Crippen molar-refractivity contribution in [2.24, 2.45) is 0 Å². The average Bonchev–Trinajstić information content (AvgIpc) is 3.35. The monoisotopic (exact) mass is 490 g/mol. The van der Waals surface area contributed by atoms with Crippen LogP contribution in [0.5, 0.6) is 5.75 Å². The van der Waals surface area contributed by atoms with Gasteiger partial charge in [-0.2, -0.15) is 0 Å². The summed E-state index contributed by atoms with van der Waals surface area (Å²) >= 11 is 7.82. The van der Waals surface area contributed by atoms with Crippen molar-refractivity contribution in [1.29, 1.82) is 0 Å². The molecule has 0 saturated carbocycles. The molecule has 1 heterocycles. The molecule has 6 heteroatoms. The lowest BCUT2D eigenvalue weighted by Gasteiger charge is -2.10. The lowest BCUT2D eigenvalue weighted by atomic mass is 10.1. The topological polar surface area (TPSA) is 51.2 Å². The Labute approximate surface area is 209 Å². The summed E-state index contributed by atoms with van der Waals surface area (Å²) in [6.45, 7) is 4.91. The molecule has 0 bridgehead atoms. The molecule has 0 spiro atoms. The first-order valence-corrected chi connectivity index (χ1v) is 12.5. The first-order valence-electron chi connectivity index (χ1n) is 11.3. The van der Waals surface area contributed by atoms with Crippen molar-refractivity contribution < 1.29 is 9.53 Å². The van der Waals surface area contributed by atoms with Gasteiger partial charge < -0.3 is 10.1 Å². The second kappa shape index (κ2) is 11.3. The van der Waals surface area contributed by atoms with Gasteiger partial charge in [0.1, 0.15) is 10.8 Å². The molecule has 0 aliphatic heterocycles. The minimum absolute atomic E-state index is 0.0172. The van der Waals surface area contributed by atoms with Crippen molar-refractivity contribution in [2.45, 2.75) is 33.2 Å². The van der Waals surface area contributed by atoms with Gasteiger partial charge in [0.15, 0.2) is 0 Å². The number of aromatic nitrogens is 1. The van der Waals surface area contributed by atoms with Gasteiger partial charge in [0, 0.05) is 34.5 Å². The highest BCUT2D eigenvalue weighted by atomic mass is 35.5. The number of hydrogen-bond donors (Lipinski definition) is 1. The smallest absolute Gasteiger partial charge is 0.220 e. The van der Waals surface area contributed by atoms with E-state index in [1.807, 2.05) is 56.3 Å². The molecule has 1 aromatic heterocycles. The summed E-state index contributed by atoms with van der Waals surface area (Å²) < 4.78 is 5.78. The maximum Gasteiger partial charge on any atom is 0.220 e. The third-order valence-corrected chi connectivity index (χ3v) is 6.98. The largest absolute Gasteiger partial charge is 0.494 e. The zero-order valence-electron chi connectivity index (χ0n) is 19.3. The third-order valence-electron chi connectivity index (χ3n) is 5.49. The predicted molar refractivity (Wildman–Crippen MR) is 140 cm³/mol. The Balaban J connectivity index is 1.21. The number of aryl methyl sites for hydroxylation is 2. The third kappa shape index (κ3) is 6.25. The van der Waals surface area contributed by atoms with E-state index in [4.69, 9.17) is 21.3 Å². The molecule has 174 valence electrons. The van der Waals surface area contributed by atoms with E-state index in [-0.39, 0.29) is 5.91 Å². The molecule has 3 aromatic carbocycles. The first-order chi connectivity index (χ1) is 16.5. The van der Waals surface area contributed by atoms with Crippen LogP contribution in [0, 0.1) is 13.8 Å². The standard InChI is InChI=1S/C28H27ClN2O2S/c1-19-15-24(16-20(2)27(19)29)33-14-6-9-26(32)30-17-21-10-12-23(13-11-21)28-31-25(18-34-28)22-7-4-3-5-8-22/h3-5,7-8,10-13,15-16,18H,6,9,14,17H2,1-2H3,(H,30,32). The molecule has 4 rings (SSSR count). The number of halogens is 1. The molecule has 0 aliphatic rings. The highest BCUT2D eigenvalue weighted by Crippen LogP contribution is 2.29. The Kier molecular flexibility index (Phi) is 7.99. The molecule has 1 amide bonds. The number of nitrogens with zero attached hydrogens (tertiary/aromatic N) is 1. The summed E-state index contributed by atoms with van der Waals surface area (Å²) in [6.07, 6.45) is 1.07. The molecular weight excluding hydrogens is 464 g/mol. The second-order valence-corrected chi connectivity index (χ2v) is 9.44. The second-order valence-electron chi connectivity index (χ2n) is 8.20. The fourth-order valence-corrected chi connectivity index (χ4v) is 4.56. The van der Waals surface area contributed by atoms with Crippen LogP contribution < -0.4 is 10.1 Å². The van der Waals surface area contributed by atoms with Crippen LogP contribution in [0.1, 0.15) is 29.5 Å². The van der Waals surface area contributed by atoms with Crippen LogP contribution in [0.25, 0.3) is 21.8 Å². The Morgan fingerprint density at radius 1 is 1.00 bits per heavy atom. The summed E-state index contributed by atoms with van der Waals surface area (Å²) in [5.74, 6) is 0.805. The van der Waals surface area contributed by atoms with Crippen molar-refractivity contribution in [3.05, 3.63) is 93.8 Å². The maximum absolute atomic E-state index is 12.2. The van der Waals surface area contributed by atoms with Gasteiger partial charge in [-0.25, -0.2) is 4.98 Å². The van der Waals surface area contributed by atoms with Gasteiger partial charge in [0.2, 0.25) is 5.91 Å². The molecule has 4 nitrogen and oxygen atoms in total. The van der Waals surface area contributed by atoms with Crippen molar-refractivity contribution in [1.82, 2.24) is 10.3 Å². The summed E-state index contributed by atoms with van der Waals surface area (Å²) in [7, 11) is 0. The normalized spacial score (nSPS) is 10.8. The number of ether oxygens (including phenoxy) is 1. The fraction of sp³-hybridized carbons (Fsp3) is 0.214. The van der Waals surface area contributed by atoms with Gasteiger partial charge in [0.25, 0.3) is 0 Å². The molecule has 0 saturated heterocycles. The summed E-state index contributed by atoms with van der Waals surface area (Å²) in [5, 5.41) is 6.82. The van der Waals surface area contributed by atoms with E-state index in [9.17, 15) is 4.79 Å². The number of carbonyl (C=O) groups is 1. The van der Waals surface area contributed by atoms with Crippen LogP contribution in [-0.4, -0.2) is 17.5 Å². The molecule has 1 N–H and O–H groups in total. The molecule has 0 atom stereocenters. The van der Waals surface area contributed by atoms with E-state index >= 15 is 0 Å². The number of amides is 1. The van der Waals surface area contributed by atoms with Crippen molar-refractivity contribution in [3.63, 3.8) is 0 Å². The van der Waals surface area contributed by atoms with Crippen LogP contribution in [0.15, 0.2) is 72.1 Å². The molecule has 0 unspecified atom stereocenters. The van der Waals surface area contributed by atoms with Gasteiger partial charge >= 0.3 is 0 Å². The Morgan fingerprint density at radius 2 is 1.71 bits per heavy atom. The zero-order chi connectivity index (χ0) is 23.9. The summed E-state index contributed by atoms with van der Waals surface area (Å²) in [6, 6.07) is 22.2. The summed E-state index contributed by atoms with van der Waals surface area (Å²) in [5.41, 5.74) is 6.22. The van der Waals surface area contributed by atoms with Crippen molar-refractivity contribution in [3.8, 4) is 27.6 Å². The van der Waals surface area contributed by atoms with Gasteiger partial charge in [-0.1, -0.05) is 66.2 Å². The van der Waals surface area contributed by atoms with Crippen LogP contribution in [-0.2, 0) is 11.3 Å². The van der Waals surface area contributed by atoms with E-state index in [0.29, 0.717) is 26.0 Å². The number of carbonyl (C=O) groups excluding carboxylic acids is 1. The molecule has 0 fully saturated rings. The minimum Gasteiger partial charge on any atom is -0.494 e. The molecule has 0 aliphatic carbocycles. The Morgan fingerprint density at radius 3 is 2.41 bits per heavy atom. The number of rotatable bonds is 9. The van der Waals surface area contributed by atoms with Gasteiger partial charge in [-0.3, -0.25) is 4.79 Å². The van der Waals surface area contributed by atoms with Crippen LogP contribution in [0.4, 0.5) is 0 Å². The predicted octanol–water partition coefficient (Wildman–Crippen LogP) is 7.22. The molecule has 0 radical (unpaired) electrons. The summed E-state index contributed by atoms with van der Waals surface area (Å²) in [4.78, 5) is 17.0. The van der Waals surface area contributed by atoms with Crippen molar-refractivity contribution >= 4 is 28.8 Å². The van der Waals surface area contributed by atoms with Crippen LogP contribution in [0.3, 0.4) is 0 Å². The van der Waals surface area contributed by atoms with E-state index in [1.54, 1.807) is 11.3 Å². The minimum atomic E-state index is 0.0172. The number of nitrogens with one attached hydrogen (secondary N) is 1. The average molecular weight is 491 g/mol. The van der Waals surface area contributed by atoms with Crippen LogP contribution >= 0.6 is 22.9 Å². The number of hydrogen-bond acceptors (Lipinski definition) is 4. The number of benzene rings is 3. The highest BCUT2D eigenvalue weighted by molar-refractivity contribution is 7.13. The fourth-order valence-electron chi connectivity index (χ4n) is 3.61. The first kappa shape index (κ1) is 24.0. The molecule has 4 aromatic rings. The lowest BCUT2D eigenvalue weighted by molar-refractivity contribution is -0.121. The van der Waals surface area contributed by atoms with E-state index in [0.717, 1.165) is 49.3 Å². The van der Waals surface area contributed by atoms with Gasteiger partial charge in [0.05, 0.1) is 12.3 Å². The van der Waals surface area contributed by atoms with Gasteiger partial charge in [-0.05, 0) is 49.1 Å². The Bertz CT molecular complexity index is 1230.